The normalized spacial score (nSPS) is 14.4. The molecule has 0 aliphatic rings. The number of nitrogens with one attached hydrogen (secondary N) is 1. The SMILES string of the molecule is Cc1ncc(C(C)NC(CO)c2ccccc2)s1. The van der Waals surface area contributed by atoms with Gasteiger partial charge in [0.15, 0.2) is 0 Å². The molecule has 2 aromatic rings. The first-order valence-electron chi connectivity index (χ1n) is 6.05. The van der Waals surface area contributed by atoms with Gasteiger partial charge in [0, 0.05) is 17.1 Å². The highest BCUT2D eigenvalue weighted by atomic mass is 32.1. The summed E-state index contributed by atoms with van der Waals surface area (Å²) in [5.74, 6) is 0. The van der Waals surface area contributed by atoms with Crippen LogP contribution in [-0.4, -0.2) is 16.7 Å². The van der Waals surface area contributed by atoms with E-state index in [-0.39, 0.29) is 18.7 Å². The molecular weight excluding hydrogens is 244 g/mol. The van der Waals surface area contributed by atoms with E-state index in [4.69, 9.17) is 0 Å². The van der Waals surface area contributed by atoms with Gasteiger partial charge in [-0.05, 0) is 19.4 Å². The zero-order valence-corrected chi connectivity index (χ0v) is 11.4. The summed E-state index contributed by atoms with van der Waals surface area (Å²) in [7, 11) is 0. The Morgan fingerprint density at radius 1 is 1.33 bits per heavy atom. The predicted octanol–water partition coefficient (Wildman–Crippen LogP) is 2.84. The number of aryl methyl sites for hydroxylation is 1. The lowest BCUT2D eigenvalue weighted by Crippen LogP contribution is -2.26. The number of aromatic nitrogens is 1. The van der Waals surface area contributed by atoms with Crippen molar-refractivity contribution in [1.29, 1.82) is 0 Å². The zero-order valence-electron chi connectivity index (χ0n) is 10.6. The van der Waals surface area contributed by atoms with Gasteiger partial charge in [-0.1, -0.05) is 30.3 Å². The summed E-state index contributed by atoms with van der Waals surface area (Å²) in [6, 6.07) is 10.2. The Bertz CT molecular complexity index is 484. The van der Waals surface area contributed by atoms with Gasteiger partial charge in [-0.15, -0.1) is 11.3 Å². The van der Waals surface area contributed by atoms with Crippen molar-refractivity contribution < 1.29 is 5.11 Å². The van der Waals surface area contributed by atoms with E-state index in [9.17, 15) is 5.11 Å². The van der Waals surface area contributed by atoms with Crippen LogP contribution in [0.5, 0.6) is 0 Å². The van der Waals surface area contributed by atoms with Crippen molar-refractivity contribution in [2.24, 2.45) is 0 Å². The van der Waals surface area contributed by atoms with Crippen LogP contribution in [0.25, 0.3) is 0 Å². The molecule has 0 spiro atoms. The van der Waals surface area contributed by atoms with Gasteiger partial charge < -0.3 is 10.4 Å². The first-order chi connectivity index (χ1) is 8.70. The second kappa shape index (κ2) is 6.09. The van der Waals surface area contributed by atoms with E-state index < -0.39 is 0 Å². The van der Waals surface area contributed by atoms with E-state index in [0.717, 1.165) is 10.6 Å². The molecular formula is C14H18N2OS. The van der Waals surface area contributed by atoms with Crippen LogP contribution in [0.1, 0.15) is 34.5 Å². The van der Waals surface area contributed by atoms with E-state index in [1.807, 2.05) is 43.5 Å². The molecule has 3 nitrogen and oxygen atoms in total. The molecule has 0 aliphatic heterocycles. The highest BCUT2D eigenvalue weighted by Crippen LogP contribution is 2.23. The number of thiazole rings is 1. The largest absolute Gasteiger partial charge is 0.394 e. The first kappa shape index (κ1) is 13.2. The van der Waals surface area contributed by atoms with Crippen LogP contribution in [0, 0.1) is 6.92 Å². The summed E-state index contributed by atoms with van der Waals surface area (Å²) in [6.07, 6.45) is 1.90. The highest BCUT2D eigenvalue weighted by Gasteiger charge is 2.15. The Balaban J connectivity index is 2.07. The summed E-state index contributed by atoms with van der Waals surface area (Å²) in [5.41, 5.74) is 1.10. The van der Waals surface area contributed by atoms with Gasteiger partial charge in [-0.3, -0.25) is 0 Å². The fourth-order valence-electron chi connectivity index (χ4n) is 1.90. The van der Waals surface area contributed by atoms with Crippen molar-refractivity contribution in [3.63, 3.8) is 0 Å². The zero-order chi connectivity index (χ0) is 13.0. The molecule has 0 aliphatic carbocycles. The lowest BCUT2D eigenvalue weighted by molar-refractivity contribution is 0.236. The average molecular weight is 262 g/mol. The van der Waals surface area contributed by atoms with E-state index in [1.165, 1.54) is 4.88 Å². The van der Waals surface area contributed by atoms with Crippen LogP contribution in [0.2, 0.25) is 0 Å². The Labute approximate surface area is 112 Å². The fraction of sp³-hybridized carbons (Fsp3) is 0.357. The van der Waals surface area contributed by atoms with Gasteiger partial charge in [-0.25, -0.2) is 4.98 Å². The van der Waals surface area contributed by atoms with Gasteiger partial charge in [0.25, 0.3) is 0 Å². The number of nitrogens with zero attached hydrogens (tertiary/aromatic N) is 1. The van der Waals surface area contributed by atoms with Crippen LogP contribution < -0.4 is 5.32 Å². The summed E-state index contributed by atoms with van der Waals surface area (Å²) in [6.45, 7) is 4.19. The highest BCUT2D eigenvalue weighted by molar-refractivity contribution is 7.11. The molecule has 0 saturated carbocycles. The van der Waals surface area contributed by atoms with Gasteiger partial charge in [0.05, 0.1) is 17.7 Å². The molecule has 96 valence electrons. The lowest BCUT2D eigenvalue weighted by atomic mass is 10.1. The topological polar surface area (TPSA) is 45.2 Å². The average Bonchev–Trinajstić information content (AvgIpc) is 2.83. The molecule has 0 bridgehead atoms. The molecule has 18 heavy (non-hydrogen) atoms. The van der Waals surface area contributed by atoms with Crippen LogP contribution in [0.4, 0.5) is 0 Å². The molecule has 1 aromatic carbocycles. The van der Waals surface area contributed by atoms with Gasteiger partial charge in [-0.2, -0.15) is 0 Å². The van der Waals surface area contributed by atoms with Crippen molar-refractivity contribution in [1.82, 2.24) is 10.3 Å². The Morgan fingerprint density at radius 3 is 2.61 bits per heavy atom. The minimum Gasteiger partial charge on any atom is -0.394 e. The smallest absolute Gasteiger partial charge is 0.0897 e. The molecule has 1 heterocycles. The van der Waals surface area contributed by atoms with Gasteiger partial charge >= 0.3 is 0 Å². The van der Waals surface area contributed by atoms with Crippen LogP contribution >= 0.6 is 11.3 Å². The first-order valence-corrected chi connectivity index (χ1v) is 6.86. The standard InChI is InChI=1S/C14H18N2OS/c1-10(14-8-15-11(2)18-14)16-13(9-17)12-6-4-3-5-7-12/h3-8,10,13,16-17H,9H2,1-2H3. The second-order valence-corrected chi connectivity index (χ2v) is 5.58. The molecule has 0 amide bonds. The Morgan fingerprint density at radius 2 is 2.06 bits per heavy atom. The summed E-state index contributed by atoms with van der Waals surface area (Å²) in [4.78, 5) is 5.46. The van der Waals surface area contributed by atoms with Gasteiger partial charge in [0.2, 0.25) is 0 Å². The van der Waals surface area contributed by atoms with Gasteiger partial charge in [0.1, 0.15) is 0 Å². The van der Waals surface area contributed by atoms with Crippen LogP contribution in [0.15, 0.2) is 36.5 Å². The number of hydrogen-bond donors (Lipinski definition) is 2. The maximum Gasteiger partial charge on any atom is 0.0897 e. The number of benzene rings is 1. The number of aliphatic hydroxyl groups excluding tert-OH is 1. The van der Waals surface area contributed by atoms with Crippen molar-refractivity contribution in [2.45, 2.75) is 25.9 Å². The van der Waals surface area contributed by atoms with Crippen molar-refractivity contribution in [2.75, 3.05) is 6.61 Å². The molecule has 0 radical (unpaired) electrons. The predicted molar refractivity (Wildman–Crippen MR) is 74.7 cm³/mol. The third-order valence-electron chi connectivity index (χ3n) is 2.90. The molecule has 2 N–H and O–H groups in total. The van der Waals surface area contributed by atoms with E-state index in [0.29, 0.717) is 0 Å². The Hall–Kier alpha value is -1.23. The monoisotopic (exact) mass is 262 g/mol. The molecule has 1 aromatic heterocycles. The molecule has 2 atom stereocenters. The number of aliphatic hydroxyl groups is 1. The summed E-state index contributed by atoms with van der Waals surface area (Å²) in [5, 5.41) is 14.0. The number of hydrogen-bond acceptors (Lipinski definition) is 4. The second-order valence-electron chi connectivity index (χ2n) is 4.32. The summed E-state index contributed by atoms with van der Waals surface area (Å²) < 4.78 is 0. The van der Waals surface area contributed by atoms with Crippen LogP contribution in [0.3, 0.4) is 0 Å². The minimum atomic E-state index is -0.0383. The van der Waals surface area contributed by atoms with E-state index >= 15 is 0 Å². The maximum absolute atomic E-state index is 9.51. The third-order valence-corrected chi connectivity index (χ3v) is 4.00. The minimum absolute atomic E-state index is 0.0383. The third kappa shape index (κ3) is 3.16. The number of rotatable bonds is 5. The molecule has 2 rings (SSSR count). The molecule has 0 fully saturated rings. The lowest BCUT2D eigenvalue weighted by Gasteiger charge is -2.21. The fourth-order valence-corrected chi connectivity index (χ4v) is 2.70. The van der Waals surface area contributed by atoms with Crippen molar-refractivity contribution in [3.05, 3.63) is 52.0 Å². The van der Waals surface area contributed by atoms with Crippen molar-refractivity contribution >= 4 is 11.3 Å². The maximum atomic E-state index is 9.51. The molecule has 4 heteroatoms. The summed E-state index contributed by atoms with van der Waals surface area (Å²) >= 11 is 1.69. The Kier molecular flexibility index (Phi) is 4.47. The quantitative estimate of drug-likeness (QED) is 0.871. The van der Waals surface area contributed by atoms with Crippen LogP contribution in [-0.2, 0) is 0 Å². The molecule has 0 saturated heterocycles. The van der Waals surface area contributed by atoms with E-state index in [2.05, 4.69) is 17.2 Å². The molecule has 2 unspecified atom stereocenters. The van der Waals surface area contributed by atoms with E-state index in [1.54, 1.807) is 11.3 Å². The van der Waals surface area contributed by atoms with Crippen molar-refractivity contribution in [3.8, 4) is 0 Å².